The van der Waals surface area contributed by atoms with Gasteiger partial charge in [-0.1, -0.05) is 121 Å². The van der Waals surface area contributed by atoms with Crippen molar-refractivity contribution in [2.24, 2.45) is 0 Å². The van der Waals surface area contributed by atoms with Gasteiger partial charge in [0.15, 0.2) is 0 Å². The second-order valence-electron chi connectivity index (χ2n) is 11.0. The van der Waals surface area contributed by atoms with E-state index in [4.69, 9.17) is 0 Å². The summed E-state index contributed by atoms with van der Waals surface area (Å²) in [6.45, 7) is 10.2. The first kappa shape index (κ1) is 28.3. The van der Waals surface area contributed by atoms with Gasteiger partial charge in [0.2, 0.25) is 0 Å². The van der Waals surface area contributed by atoms with Crippen LogP contribution in [-0.2, 0) is 26.1 Å². The van der Waals surface area contributed by atoms with Crippen molar-refractivity contribution in [3.63, 3.8) is 0 Å². The van der Waals surface area contributed by atoms with Gasteiger partial charge < -0.3 is 5.32 Å². The monoisotopic (exact) mass is 532 g/mol. The maximum absolute atomic E-state index is 3.77. The molecule has 4 aromatic carbocycles. The molecule has 0 amide bonds. The molecule has 5 rings (SSSR count). The number of nitrogens with zero attached hydrogens (tertiary/aromatic N) is 3. The molecule has 0 saturated carbocycles. The van der Waals surface area contributed by atoms with Gasteiger partial charge in [-0.05, 0) is 28.7 Å². The number of hydrogen-bond donors (Lipinski definition) is 1. The molecule has 1 aliphatic heterocycles. The van der Waals surface area contributed by atoms with Crippen LogP contribution >= 0.6 is 0 Å². The van der Waals surface area contributed by atoms with Gasteiger partial charge in [-0.15, -0.1) is 0 Å². The third kappa shape index (κ3) is 9.14. The van der Waals surface area contributed by atoms with Crippen molar-refractivity contribution in [1.29, 1.82) is 0 Å². The second kappa shape index (κ2) is 15.5. The molecule has 1 saturated heterocycles. The molecule has 40 heavy (non-hydrogen) atoms. The summed E-state index contributed by atoms with van der Waals surface area (Å²) in [6, 6.07) is 44.4. The summed E-state index contributed by atoms with van der Waals surface area (Å²) in [5.74, 6) is 0. The van der Waals surface area contributed by atoms with E-state index in [1.54, 1.807) is 0 Å². The lowest BCUT2D eigenvalue weighted by atomic mass is 10.0. The van der Waals surface area contributed by atoms with E-state index < -0.39 is 0 Å². The summed E-state index contributed by atoms with van der Waals surface area (Å²) in [5, 5.41) is 3.77. The minimum absolute atomic E-state index is 0.412. The van der Waals surface area contributed by atoms with Crippen LogP contribution in [0.2, 0.25) is 0 Å². The molecule has 0 aliphatic carbocycles. The Kier molecular flexibility index (Phi) is 10.9. The normalized spacial score (nSPS) is 18.6. The number of rotatable bonds is 8. The summed E-state index contributed by atoms with van der Waals surface area (Å²) < 4.78 is 0. The number of nitrogens with one attached hydrogen (secondary N) is 1. The topological polar surface area (TPSA) is 21.8 Å². The molecule has 1 N–H and O–H groups in total. The molecule has 0 spiro atoms. The van der Waals surface area contributed by atoms with Gasteiger partial charge in [0.1, 0.15) is 0 Å². The van der Waals surface area contributed by atoms with Crippen molar-refractivity contribution in [3.8, 4) is 0 Å². The Hall–Kier alpha value is -3.28. The third-order valence-corrected chi connectivity index (χ3v) is 7.94. The first-order valence-corrected chi connectivity index (χ1v) is 14.9. The van der Waals surface area contributed by atoms with E-state index in [0.717, 1.165) is 71.9 Å². The van der Waals surface area contributed by atoms with Gasteiger partial charge in [-0.3, -0.25) is 14.7 Å². The van der Waals surface area contributed by atoms with Crippen LogP contribution in [0.4, 0.5) is 0 Å². The molecule has 4 aromatic rings. The summed E-state index contributed by atoms with van der Waals surface area (Å²) >= 11 is 0. The Bertz CT molecular complexity index is 1220. The highest BCUT2D eigenvalue weighted by Crippen LogP contribution is 2.17. The Morgan fingerprint density at radius 1 is 0.475 bits per heavy atom. The van der Waals surface area contributed by atoms with Gasteiger partial charge in [0.25, 0.3) is 0 Å². The van der Waals surface area contributed by atoms with E-state index in [1.807, 2.05) is 0 Å². The lowest BCUT2D eigenvalue weighted by Gasteiger charge is -2.38. The fourth-order valence-corrected chi connectivity index (χ4v) is 5.76. The van der Waals surface area contributed by atoms with Crippen LogP contribution in [0.5, 0.6) is 0 Å². The van der Waals surface area contributed by atoms with Crippen LogP contribution < -0.4 is 5.32 Å². The fourth-order valence-electron chi connectivity index (χ4n) is 5.76. The van der Waals surface area contributed by atoms with E-state index >= 15 is 0 Å². The Labute approximate surface area is 241 Å². The van der Waals surface area contributed by atoms with Gasteiger partial charge in [0, 0.05) is 71.5 Å². The largest absolute Gasteiger partial charge is 0.314 e. The molecule has 4 nitrogen and oxygen atoms in total. The number of hydrogen-bond acceptors (Lipinski definition) is 4. The third-order valence-electron chi connectivity index (χ3n) is 7.94. The van der Waals surface area contributed by atoms with E-state index in [-0.39, 0.29) is 0 Å². The Morgan fingerprint density at radius 2 is 0.925 bits per heavy atom. The van der Waals surface area contributed by atoms with E-state index in [9.17, 15) is 0 Å². The van der Waals surface area contributed by atoms with Gasteiger partial charge >= 0.3 is 0 Å². The molecule has 0 radical (unpaired) electrons. The standard InChI is InChI=1S/C36H44N4/c1-5-13-32(14-6-1)27-36-31-39(29-34-17-9-3-10-18-34)26-25-38(28-33-15-7-2-8-16-33)23-21-37-22-24-40(36)30-35-19-11-4-12-20-35/h1-20,36-37H,21-31H2. The quantitative estimate of drug-likeness (QED) is 0.314. The van der Waals surface area contributed by atoms with Crippen molar-refractivity contribution in [2.75, 3.05) is 45.8 Å². The molecular formula is C36H44N4. The van der Waals surface area contributed by atoms with E-state index in [1.165, 1.54) is 22.3 Å². The van der Waals surface area contributed by atoms with Crippen molar-refractivity contribution in [1.82, 2.24) is 20.0 Å². The molecule has 1 unspecified atom stereocenters. The molecule has 1 heterocycles. The predicted octanol–water partition coefficient (Wildman–Crippen LogP) is 5.71. The van der Waals surface area contributed by atoms with Crippen LogP contribution in [0.3, 0.4) is 0 Å². The molecule has 0 bridgehead atoms. The average molecular weight is 533 g/mol. The van der Waals surface area contributed by atoms with Crippen molar-refractivity contribution < 1.29 is 0 Å². The van der Waals surface area contributed by atoms with Crippen molar-refractivity contribution in [3.05, 3.63) is 144 Å². The Balaban J connectivity index is 1.40. The maximum atomic E-state index is 3.77. The fraction of sp³-hybridized carbons (Fsp3) is 0.333. The Morgan fingerprint density at radius 3 is 1.50 bits per heavy atom. The van der Waals surface area contributed by atoms with E-state index in [2.05, 4.69) is 141 Å². The number of benzene rings is 4. The molecule has 0 aromatic heterocycles. The SMILES string of the molecule is c1ccc(CC2CN(Cc3ccccc3)CCN(Cc3ccccc3)CCNCCN2Cc2ccccc2)cc1. The molecular weight excluding hydrogens is 488 g/mol. The van der Waals surface area contributed by atoms with E-state index in [0.29, 0.717) is 6.04 Å². The zero-order chi connectivity index (χ0) is 27.2. The lowest BCUT2D eigenvalue weighted by Crippen LogP contribution is -2.49. The molecule has 208 valence electrons. The molecule has 4 heteroatoms. The highest BCUT2D eigenvalue weighted by Gasteiger charge is 2.24. The predicted molar refractivity (Wildman–Crippen MR) is 167 cm³/mol. The molecule has 1 fully saturated rings. The summed E-state index contributed by atoms with van der Waals surface area (Å²) in [7, 11) is 0. The van der Waals surface area contributed by atoms with Gasteiger partial charge in [0.05, 0.1) is 0 Å². The first-order chi connectivity index (χ1) is 19.8. The van der Waals surface area contributed by atoms with Crippen LogP contribution in [0.15, 0.2) is 121 Å². The lowest BCUT2D eigenvalue weighted by molar-refractivity contribution is 0.110. The maximum Gasteiger partial charge on any atom is 0.0267 e. The van der Waals surface area contributed by atoms with Gasteiger partial charge in [-0.2, -0.15) is 0 Å². The molecule has 1 aliphatic rings. The average Bonchev–Trinajstić information content (AvgIpc) is 3.00. The minimum Gasteiger partial charge on any atom is -0.314 e. The smallest absolute Gasteiger partial charge is 0.0267 e. The highest BCUT2D eigenvalue weighted by atomic mass is 15.3. The van der Waals surface area contributed by atoms with Crippen LogP contribution in [0, 0.1) is 0 Å². The summed E-state index contributed by atoms with van der Waals surface area (Å²) in [5.41, 5.74) is 5.58. The van der Waals surface area contributed by atoms with Crippen LogP contribution in [0.25, 0.3) is 0 Å². The minimum atomic E-state index is 0.412. The molecule has 1 atom stereocenters. The van der Waals surface area contributed by atoms with Crippen LogP contribution in [0.1, 0.15) is 22.3 Å². The van der Waals surface area contributed by atoms with Gasteiger partial charge in [-0.25, -0.2) is 0 Å². The first-order valence-electron chi connectivity index (χ1n) is 14.9. The second-order valence-corrected chi connectivity index (χ2v) is 11.0. The summed E-state index contributed by atoms with van der Waals surface area (Å²) in [4.78, 5) is 8.04. The zero-order valence-corrected chi connectivity index (χ0v) is 23.7. The van der Waals surface area contributed by atoms with Crippen LogP contribution in [-0.4, -0.2) is 66.6 Å². The van der Waals surface area contributed by atoms with Crippen molar-refractivity contribution >= 4 is 0 Å². The summed E-state index contributed by atoms with van der Waals surface area (Å²) in [6.07, 6.45) is 1.05. The van der Waals surface area contributed by atoms with Crippen molar-refractivity contribution in [2.45, 2.75) is 32.1 Å². The highest BCUT2D eigenvalue weighted by molar-refractivity contribution is 5.19. The zero-order valence-electron chi connectivity index (χ0n) is 23.7.